The molecule has 0 bridgehead atoms. The van der Waals surface area contributed by atoms with Crippen molar-refractivity contribution in [1.29, 1.82) is 0 Å². The summed E-state index contributed by atoms with van der Waals surface area (Å²) in [7, 11) is 1.17. The Balaban J connectivity index is 4.61. The average molecular weight is 173 g/mol. The average Bonchev–Trinajstić information content (AvgIpc) is 2.03. The van der Waals surface area contributed by atoms with Crippen LogP contribution in [0.15, 0.2) is 0 Å². The summed E-state index contributed by atoms with van der Waals surface area (Å²) in [5.74, 6) is -2.12. The van der Waals surface area contributed by atoms with Crippen molar-refractivity contribution < 1.29 is 19.4 Å². The van der Waals surface area contributed by atoms with Gasteiger partial charge in [0.05, 0.1) is 13.1 Å². The van der Waals surface area contributed by atoms with Gasteiger partial charge < -0.3 is 14.6 Å². The third kappa shape index (κ3) is 1.96. The molecule has 0 spiro atoms. The number of methoxy groups -OCH3 is 1. The molecule has 0 aromatic carbocycles. The van der Waals surface area contributed by atoms with E-state index in [2.05, 4.69) is 4.74 Å². The van der Waals surface area contributed by atoms with Crippen LogP contribution in [0.1, 0.15) is 26.7 Å². The highest BCUT2D eigenvalue weighted by atomic mass is 16.5. The first-order valence-corrected chi connectivity index (χ1v) is 3.79. The van der Waals surface area contributed by atoms with Crippen LogP contribution in [-0.2, 0) is 14.3 Å². The summed E-state index contributed by atoms with van der Waals surface area (Å²) in [4.78, 5) is 21.6. The molecule has 0 saturated carbocycles. The van der Waals surface area contributed by atoms with Crippen LogP contribution in [0.3, 0.4) is 0 Å². The Morgan fingerprint density at radius 3 is 2.25 bits per heavy atom. The fourth-order valence-corrected chi connectivity index (χ4v) is 1.01. The van der Waals surface area contributed by atoms with Gasteiger partial charge >= 0.3 is 5.97 Å². The number of carboxylic acids is 1. The standard InChI is InChI=1S/C8H14O4/c1-4-5-8(2,6(9)10)7(11)12-3/h4-5H2,1-3H3,(H,9,10)/p-1/t8-/m0/s1. The summed E-state index contributed by atoms with van der Waals surface area (Å²) in [6, 6.07) is 0. The highest BCUT2D eigenvalue weighted by Gasteiger charge is 2.34. The number of hydrogen-bond acceptors (Lipinski definition) is 4. The van der Waals surface area contributed by atoms with Crippen molar-refractivity contribution >= 4 is 11.9 Å². The van der Waals surface area contributed by atoms with Crippen LogP contribution in [-0.4, -0.2) is 19.0 Å². The van der Waals surface area contributed by atoms with E-state index in [1.807, 2.05) is 0 Å². The van der Waals surface area contributed by atoms with Crippen molar-refractivity contribution in [2.24, 2.45) is 5.41 Å². The fraction of sp³-hybridized carbons (Fsp3) is 0.750. The molecule has 4 nitrogen and oxygen atoms in total. The van der Waals surface area contributed by atoms with Crippen LogP contribution in [0, 0.1) is 5.41 Å². The van der Waals surface area contributed by atoms with Crippen LogP contribution in [0.5, 0.6) is 0 Å². The van der Waals surface area contributed by atoms with Gasteiger partial charge in [-0.15, -0.1) is 0 Å². The fourth-order valence-electron chi connectivity index (χ4n) is 1.01. The molecule has 0 aliphatic carbocycles. The van der Waals surface area contributed by atoms with E-state index < -0.39 is 17.4 Å². The maximum absolute atomic E-state index is 11.0. The number of esters is 1. The molecule has 0 rings (SSSR count). The Hall–Kier alpha value is -1.06. The van der Waals surface area contributed by atoms with E-state index in [0.29, 0.717) is 6.42 Å². The van der Waals surface area contributed by atoms with Crippen LogP contribution in [0.2, 0.25) is 0 Å². The topological polar surface area (TPSA) is 66.4 Å². The smallest absolute Gasteiger partial charge is 0.317 e. The molecule has 0 heterocycles. The van der Waals surface area contributed by atoms with Gasteiger partial charge in [0, 0.05) is 0 Å². The van der Waals surface area contributed by atoms with Crippen molar-refractivity contribution in [3.05, 3.63) is 0 Å². The Labute approximate surface area is 71.5 Å². The van der Waals surface area contributed by atoms with Crippen molar-refractivity contribution in [1.82, 2.24) is 0 Å². The zero-order valence-corrected chi connectivity index (χ0v) is 7.55. The third-order valence-electron chi connectivity index (χ3n) is 1.84. The first-order chi connectivity index (χ1) is 5.49. The van der Waals surface area contributed by atoms with Gasteiger partial charge in [0.15, 0.2) is 0 Å². The summed E-state index contributed by atoms with van der Waals surface area (Å²) in [6.07, 6.45) is 0.835. The molecule has 0 radical (unpaired) electrons. The predicted molar refractivity (Wildman–Crippen MR) is 40.0 cm³/mol. The van der Waals surface area contributed by atoms with E-state index in [9.17, 15) is 14.7 Å². The molecular weight excluding hydrogens is 160 g/mol. The maximum atomic E-state index is 11.0. The SMILES string of the molecule is CCC[C@@](C)(C(=O)[O-])C(=O)OC. The minimum Gasteiger partial charge on any atom is -0.549 e. The van der Waals surface area contributed by atoms with Crippen LogP contribution in [0.25, 0.3) is 0 Å². The Morgan fingerprint density at radius 1 is 1.50 bits per heavy atom. The largest absolute Gasteiger partial charge is 0.549 e. The first-order valence-electron chi connectivity index (χ1n) is 3.79. The maximum Gasteiger partial charge on any atom is 0.317 e. The quantitative estimate of drug-likeness (QED) is 0.433. The van der Waals surface area contributed by atoms with Gasteiger partial charge in [-0.1, -0.05) is 13.3 Å². The molecule has 12 heavy (non-hydrogen) atoms. The molecule has 0 amide bonds. The van der Waals surface area contributed by atoms with Gasteiger partial charge in [0.2, 0.25) is 0 Å². The number of ether oxygens (including phenoxy) is 1. The van der Waals surface area contributed by atoms with Gasteiger partial charge in [-0.2, -0.15) is 0 Å². The molecule has 0 fully saturated rings. The summed E-state index contributed by atoms with van der Waals surface area (Å²) in [6.45, 7) is 3.11. The highest BCUT2D eigenvalue weighted by molar-refractivity contribution is 5.97. The highest BCUT2D eigenvalue weighted by Crippen LogP contribution is 2.23. The monoisotopic (exact) mass is 173 g/mol. The minimum atomic E-state index is -1.50. The summed E-state index contributed by atoms with van der Waals surface area (Å²) >= 11 is 0. The number of carbonyl (C=O) groups is 2. The second-order valence-corrected chi connectivity index (χ2v) is 2.86. The second-order valence-electron chi connectivity index (χ2n) is 2.86. The minimum absolute atomic E-state index is 0.238. The lowest BCUT2D eigenvalue weighted by atomic mass is 9.86. The zero-order chi connectivity index (χ0) is 9.78. The van der Waals surface area contributed by atoms with Crippen LogP contribution < -0.4 is 5.11 Å². The lowest BCUT2D eigenvalue weighted by Gasteiger charge is -2.26. The molecule has 0 N–H and O–H groups in total. The molecular formula is C8H13O4-. The Kier molecular flexibility index (Phi) is 3.73. The van der Waals surface area contributed by atoms with Gasteiger partial charge in [0.25, 0.3) is 0 Å². The molecule has 1 atom stereocenters. The molecule has 4 heteroatoms. The summed E-state index contributed by atoms with van der Waals surface area (Å²) in [5.41, 5.74) is -1.50. The van der Waals surface area contributed by atoms with E-state index >= 15 is 0 Å². The second kappa shape index (κ2) is 4.09. The molecule has 0 aliphatic heterocycles. The van der Waals surface area contributed by atoms with Crippen LogP contribution in [0.4, 0.5) is 0 Å². The van der Waals surface area contributed by atoms with Gasteiger partial charge in [0.1, 0.15) is 5.41 Å². The zero-order valence-electron chi connectivity index (χ0n) is 7.55. The van der Waals surface area contributed by atoms with Crippen molar-refractivity contribution in [3.63, 3.8) is 0 Å². The van der Waals surface area contributed by atoms with Gasteiger partial charge in [-0.3, -0.25) is 4.79 Å². The lowest BCUT2D eigenvalue weighted by Crippen LogP contribution is -2.46. The first kappa shape index (κ1) is 10.9. The third-order valence-corrected chi connectivity index (χ3v) is 1.84. The summed E-state index contributed by atoms with van der Waals surface area (Å²) < 4.78 is 4.37. The Morgan fingerprint density at radius 2 is 2.00 bits per heavy atom. The molecule has 0 unspecified atom stereocenters. The predicted octanol–water partition coefficient (Wildman–Crippen LogP) is -0.284. The number of hydrogen-bond donors (Lipinski definition) is 0. The van der Waals surface area contributed by atoms with E-state index in [1.165, 1.54) is 14.0 Å². The number of aliphatic carboxylic acids is 1. The molecule has 0 aliphatic rings. The van der Waals surface area contributed by atoms with Gasteiger partial charge in [-0.25, -0.2) is 0 Å². The lowest BCUT2D eigenvalue weighted by molar-refractivity contribution is -0.317. The van der Waals surface area contributed by atoms with E-state index in [4.69, 9.17) is 0 Å². The molecule has 70 valence electrons. The molecule has 0 aromatic rings. The number of carbonyl (C=O) groups excluding carboxylic acids is 2. The van der Waals surface area contributed by atoms with E-state index in [0.717, 1.165) is 0 Å². The molecule has 0 saturated heterocycles. The van der Waals surface area contributed by atoms with Crippen LogP contribution >= 0.6 is 0 Å². The summed E-state index contributed by atoms with van der Waals surface area (Å²) in [5, 5.41) is 10.6. The molecule has 0 aromatic heterocycles. The van der Waals surface area contributed by atoms with Crippen molar-refractivity contribution in [2.75, 3.05) is 7.11 Å². The normalized spacial score (nSPS) is 14.9. The number of rotatable bonds is 4. The van der Waals surface area contributed by atoms with E-state index in [1.54, 1.807) is 6.92 Å². The van der Waals surface area contributed by atoms with Crippen molar-refractivity contribution in [2.45, 2.75) is 26.7 Å². The Bertz CT molecular complexity index is 187. The van der Waals surface area contributed by atoms with Gasteiger partial charge in [-0.05, 0) is 13.3 Å². The number of carboxylic acid groups (broad SMARTS) is 1. The van der Waals surface area contributed by atoms with Crippen molar-refractivity contribution in [3.8, 4) is 0 Å². The van der Waals surface area contributed by atoms with E-state index in [-0.39, 0.29) is 6.42 Å².